The summed E-state index contributed by atoms with van der Waals surface area (Å²) in [6, 6.07) is 28.8. The van der Waals surface area contributed by atoms with E-state index in [4.69, 9.17) is 4.98 Å². The van der Waals surface area contributed by atoms with Gasteiger partial charge in [-0.15, -0.1) is 0 Å². The normalized spacial score (nSPS) is 15.4. The lowest BCUT2D eigenvalue weighted by Crippen LogP contribution is -2.31. The van der Waals surface area contributed by atoms with Gasteiger partial charge >= 0.3 is 0 Å². The number of para-hydroxylation sites is 2. The van der Waals surface area contributed by atoms with E-state index in [0.717, 1.165) is 67.1 Å². The number of benzene rings is 4. The Bertz CT molecular complexity index is 1540. The highest BCUT2D eigenvalue weighted by molar-refractivity contribution is 9.10. The lowest BCUT2D eigenvalue weighted by molar-refractivity contribution is 0.240. The molecular weight excluding hydrogens is 527 g/mol. The van der Waals surface area contributed by atoms with Crippen molar-refractivity contribution < 1.29 is 4.39 Å². The number of imidazole rings is 1. The molecule has 37 heavy (non-hydrogen) atoms. The van der Waals surface area contributed by atoms with Crippen LogP contribution in [0.15, 0.2) is 89.4 Å². The van der Waals surface area contributed by atoms with Crippen LogP contribution in [0.5, 0.6) is 0 Å². The summed E-state index contributed by atoms with van der Waals surface area (Å²) in [5.74, 6) is 0.965. The second kappa shape index (κ2) is 10.7. The lowest BCUT2D eigenvalue weighted by Gasteiger charge is -2.22. The molecule has 0 aliphatic carbocycles. The van der Waals surface area contributed by atoms with Gasteiger partial charge < -0.3 is 4.57 Å². The van der Waals surface area contributed by atoms with Gasteiger partial charge in [0.25, 0.3) is 0 Å². The number of hydrogen-bond donors (Lipinski definition) is 0. The second-order valence-corrected chi connectivity index (χ2v) is 10.8. The maximum atomic E-state index is 14.3. The van der Waals surface area contributed by atoms with Crippen LogP contribution in [0.25, 0.3) is 21.8 Å². The Hall–Kier alpha value is -3.06. The van der Waals surface area contributed by atoms with E-state index in [0.29, 0.717) is 6.54 Å². The molecule has 0 saturated carbocycles. The van der Waals surface area contributed by atoms with Crippen molar-refractivity contribution >= 4 is 37.7 Å². The SMILES string of the molecule is Fc1ccc(Br)cc1CN1CCCN(Cc2nc3ccccc3n2Cc2cccc3ccccc23)CC1. The van der Waals surface area contributed by atoms with E-state index >= 15 is 0 Å². The number of hydrogen-bond acceptors (Lipinski definition) is 3. The van der Waals surface area contributed by atoms with Gasteiger partial charge in [-0.1, -0.05) is 70.5 Å². The maximum absolute atomic E-state index is 14.3. The molecule has 1 aromatic heterocycles. The van der Waals surface area contributed by atoms with Crippen LogP contribution in [0.3, 0.4) is 0 Å². The zero-order valence-corrected chi connectivity index (χ0v) is 22.4. The van der Waals surface area contributed by atoms with E-state index < -0.39 is 0 Å². The van der Waals surface area contributed by atoms with Gasteiger partial charge in [0.15, 0.2) is 0 Å². The molecule has 188 valence electrons. The molecule has 2 heterocycles. The topological polar surface area (TPSA) is 24.3 Å². The summed E-state index contributed by atoms with van der Waals surface area (Å²) in [5.41, 5.74) is 4.27. The van der Waals surface area contributed by atoms with E-state index in [2.05, 4.69) is 97.0 Å². The summed E-state index contributed by atoms with van der Waals surface area (Å²) in [4.78, 5) is 9.94. The third kappa shape index (κ3) is 5.33. The molecule has 0 bridgehead atoms. The van der Waals surface area contributed by atoms with E-state index in [1.54, 1.807) is 12.1 Å². The van der Waals surface area contributed by atoms with E-state index in [1.807, 2.05) is 6.07 Å². The van der Waals surface area contributed by atoms with Crippen LogP contribution >= 0.6 is 15.9 Å². The first-order chi connectivity index (χ1) is 18.1. The zero-order valence-electron chi connectivity index (χ0n) is 20.8. The van der Waals surface area contributed by atoms with E-state index in [-0.39, 0.29) is 5.82 Å². The van der Waals surface area contributed by atoms with Crippen LogP contribution < -0.4 is 0 Å². The number of aromatic nitrogens is 2. The monoisotopic (exact) mass is 556 g/mol. The number of halogens is 2. The van der Waals surface area contributed by atoms with Crippen molar-refractivity contribution in [3.8, 4) is 0 Å². The van der Waals surface area contributed by atoms with Crippen LogP contribution in [0.2, 0.25) is 0 Å². The summed E-state index contributed by atoms with van der Waals surface area (Å²) in [6.45, 7) is 6.06. The van der Waals surface area contributed by atoms with Gasteiger partial charge in [-0.05, 0) is 66.2 Å². The van der Waals surface area contributed by atoms with Crippen LogP contribution in [0.1, 0.15) is 23.4 Å². The Morgan fingerprint density at radius 2 is 1.49 bits per heavy atom. The Morgan fingerprint density at radius 1 is 0.730 bits per heavy atom. The molecule has 1 aliphatic rings. The fourth-order valence-corrected chi connectivity index (χ4v) is 5.88. The third-order valence-electron chi connectivity index (χ3n) is 7.39. The first-order valence-corrected chi connectivity index (χ1v) is 13.7. The first-order valence-electron chi connectivity index (χ1n) is 12.9. The van der Waals surface area contributed by atoms with Gasteiger partial charge in [-0.25, -0.2) is 9.37 Å². The zero-order chi connectivity index (χ0) is 25.2. The largest absolute Gasteiger partial charge is 0.322 e. The molecule has 0 radical (unpaired) electrons. The van der Waals surface area contributed by atoms with Gasteiger partial charge in [0.2, 0.25) is 0 Å². The van der Waals surface area contributed by atoms with Crippen molar-refractivity contribution in [3.05, 3.63) is 112 Å². The highest BCUT2D eigenvalue weighted by atomic mass is 79.9. The van der Waals surface area contributed by atoms with Gasteiger partial charge in [0, 0.05) is 36.2 Å². The van der Waals surface area contributed by atoms with Gasteiger partial charge in [-0.2, -0.15) is 0 Å². The molecule has 0 N–H and O–H groups in total. The van der Waals surface area contributed by atoms with E-state index in [9.17, 15) is 4.39 Å². The number of nitrogens with zero attached hydrogens (tertiary/aromatic N) is 4. The lowest BCUT2D eigenvalue weighted by atomic mass is 10.0. The fraction of sp³-hybridized carbons (Fsp3) is 0.258. The average Bonchev–Trinajstić information content (AvgIpc) is 3.09. The van der Waals surface area contributed by atoms with Gasteiger partial charge in [-0.3, -0.25) is 9.80 Å². The highest BCUT2D eigenvalue weighted by Crippen LogP contribution is 2.24. The van der Waals surface area contributed by atoms with Crippen LogP contribution in [-0.4, -0.2) is 45.5 Å². The van der Waals surface area contributed by atoms with Gasteiger partial charge in [0.05, 0.1) is 17.6 Å². The Morgan fingerprint density at radius 3 is 2.38 bits per heavy atom. The van der Waals surface area contributed by atoms with Crippen LogP contribution in [0.4, 0.5) is 4.39 Å². The standard InChI is InChI=1S/C31H30BrFN4/c32-26-13-14-28(33)25(19-26)20-35-15-6-16-36(18-17-35)22-31-34-29-11-3-4-12-30(29)37(31)21-24-9-5-8-23-7-1-2-10-27(23)24/h1-5,7-14,19H,6,15-18,20-22H2. The molecule has 0 unspecified atom stereocenters. The minimum atomic E-state index is -0.133. The minimum absolute atomic E-state index is 0.133. The van der Waals surface area contributed by atoms with Crippen molar-refractivity contribution in [1.29, 1.82) is 0 Å². The molecule has 6 heteroatoms. The molecule has 1 fully saturated rings. The third-order valence-corrected chi connectivity index (χ3v) is 7.88. The van der Waals surface area contributed by atoms with Crippen molar-refractivity contribution in [2.45, 2.75) is 26.1 Å². The summed E-state index contributed by atoms with van der Waals surface area (Å²) in [5, 5.41) is 2.55. The summed E-state index contributed by atoms with van der Waals surface area (Å²) in [6.07, 6.45) is 1.05. The maximum Gasteiger partial charge on any atom is 0.127 e. The predicted molar refractivity (Wildman–Crippen MR) is 152 cm³/mol. The molecule has 4 aromatic carbocycles. The average molecular weight is 558 g/mol. The first kappa shape index (κ1) is 24.3. The Kier molecular flexibility index (Phi) is 7.05. The molecule has 4 nitrogen and oxygen atoms in total. The quantitative estimate of drug-likeness (QED) is 0.228. The van der Waals surface area contributed by atoms with Crippen molar-refractivity contribution in [2.24, 2.45) is 0 Å². The Balaban J connectivity index is 1.23. The molecule has 0 amide bonds. The van der Waals surface area contributed by atoms with Gasteiger partial charge in [0.1, 0.15) is 11.6 Å². The summed E-state index contributed by atoms with van der Waals surface area (Å²) in [7, 11) is 0. The number of fused-ring (bicyclic) bond motifs is 2. The number of rotatable bonds is 6. The van der Waals surface area contributed by atoms with Crippen LogP contribution in [0, 0.1) is 5.82 Å². The summed E-state index contributed by atoms with van der Waals surface area (Å²) >= 11 is 3.48. The second-order valence-electron chi connectivity index (χ2n) is 9.88. The van der Waals surface area contributed by atoms with Crippen molar-refractivity contribution in [1.82, 2.24) is 19.4 Å². The minimum Gasteiger partial charge on any atom is -0.322 e. The Labute approximate surface area is 225 Å². The predicted octanol–water partition coefficient (Wildman–Crippen LogP) is 6.85. The summed E-state index contributed by atoms with van der Waals surface area (Å²) < 4.78 is 17.7. The van der Waals surface area contributed by atoms with Crippen LogP contribution in [-0.2, 0) is 19.6 Å². The molecule has 5 aromatic rings. The molecule has 0 atom stereocenters. The van der Waals surface area contributed by atoms with Crippen molar-refractivity contribution in [2.75, 3.05) is 26.2 Å². The smallest absolute Gasteiger partial charge is 0.127 e. The fourth-order valence-electron chi connectivity index (χ4n) is 5.47. The molecule has 6 rings (SSSR count). The van der Waals surface area contributed by atoms with E-state index in [1.165, 1.54) is 21.9 Å². The highest BCUT2D eigenvalue weighted by Gasteiger charge is 2.20. The molecule has 1 aliphatic heterocycles. The van der Waals surface area contributed by atoms with Crippen molar-refractivity contribution in [3.63, 3.8) is 0 Å². The molecule has 0 spiro atoms. The molecule has 1 saturated heterocycles. The molecular formula is C31H30BrFN4.